The van der Waals surface area contributed by atoms with Gasteiger partial charge in [-0.15, -0.1) is 0 Å². The van der Waals surface area contributed by atoms with Crippen LogP contribution in [-0.4, -0.2) is 19.0 Å². The summed E-state index contributed by atoms with van der Waals surface area (Å²) < 4.78 is 19.1. The summed E-state index contributed by atoms with van der Waals surface area (Å²) >= 11 is 12.2. The van der Waals surface area contributed by atoms with E-state index >= 15 is 0 Å². The Hall–Kier alpha value is -2.63. The van der Waals surface area contributed by atoms with Gasteiger partial charge in [0.2, 0.25) is 0 Å². The molecule has 0 aliphatic carbocycles. The Morgan fingerprint density at radius 3 is 2.52 bits per heavy atom. The quantitative estimate of drug-likeness (QED) is 0.532. The SMILES string of the molecule is COC(=O)C1=C(C)N(c2ccccc2F)C(=O)/C1=C\c1cccc(Cl)c1Cl. The Kier molecular flexibility index (Phi) is 5.35. The molecule has 0 unspecified atom stereocenters. The Morgan fingerprint density at radius 2 is 1.85 bits per heavy atom. The van der Waals surface area contributed by atoms with E-state index < -0.39 is 17.7 Å². The minimum Gasteiger partial charge on any atom is -0.465 e. The summed E-state index contributed by atoms with van der Waals surface area (Å²) in [6.45, 7) is 1.55. The fourth-order valence-electron chi connectivity index (χ4n) is 2.89. The first-order valence-electron chi connectivity index (χ1n) is 7.91. The smallest absolute Gasteiger partial charge is 0.340 e. The minimum absolute atomic E-state index is 0.0433. The van der Waals surface area contributed by atoms with Crippen molar-refractivity contribution >= 4 is 46.8 Å². The Bertz CT molecular complexity index is 1010. The Balaban J connectivity index is 2.21. The van der Waals surface area contributed by atoms with Crippen molar-refractivity contribution in [3.8, 4) is 0 Å². The Morgan fingerprint density at radius 1 is 1.15 bits per heavy atom. The molecule has 0 spiro atoms. The zero-order valence-electron chi connectivity index (χ0n) is 14.4. The molecule has 0 saturated heterocycles. The maximum absolute atomic E-state index is 14.3. The van der Waals surface area contributed by atoms with Crippen LogP contribution in [0.1, 0.15) is 12.5 Å². The molecule has 0 bridgehead atoms. The highest BCUT2D eigenvalue weighted by Gasteiger charge is 2.38. The van der Waals surface area contributed by atoms with Gasteiger partial charge in [0.05, 0.1) is 34.0 Å². The standard InChI is InChI=1S/C20H14Cl2FNO3/c1-11-17(20(26)27-2)13(10-12-6-5-7-14(21)18(12)22)19(25)24(11)16-9-4-3-8-15(16)23/h3-10H,1-2H3/b13-10-. The molecular formula is C20H14Cl2FNO3. The number of hydrogen-bond donors (Lipinski definition) is 0. The number of nitrogens with zero attached hydrogens (tertiary/aromatic N) is 1. The van der Waals surface area contributed by atoms with E-state index in [1.54, 1.807) is 31.2 Å². The van der Waals surface area contributed by atoms with Crippen LogP contribution in [-0.2, 0) is 14.3 Å². The summed E-state index contributed by atoms with van der Waals surface area (Å²) in [7, 11) is 1.21. The summed E-state index contributed by atoms with van der Waals surface area (Å²) in [5.41, 5.74) is 0.856. The second kappa shape index (κ2) is 7.55. The number of hydrogen-bond acceptors (Lipinski definition) is 3. The van der Waals surface area contributed by atoms with Gasteiger partial charge in [0, 0.05) is 5.70 Å². The van der Waals surface area contributed by atoms with Crippen molar-refractivity contribution in [3.63, 3.8) is 0 Å². The minimum atomic E-state index is -0.705. The van der Waals surface area contributed by atoms with E-state index in [2.05, 4.69) is 0 Å². The highest BCUT2D eigenvalue weighted by atomic mass is 35.5. The number of carbonyl (C=O) groups is 2. The number of anilines is 1. The molecule has 2 aromatic rings. The number of methoxy groups -OCH3 is 1. The first-order chi connectivity index (χ1) is 12.9. The fraction of sp³-hybridized carbons (Fsp3) is 0.100. The lowest BCUT2D eigenvalue weighted by atomic mass is 10.0. The van der Waals surface area contributed by atoms with Gasteiger partial charge in [-0.3, -0.25) is 9.69 Å². The maximum Gasteiger partial charge on any atom is 0.340 e. The molecule has 1 aliphatic rings. The first-order valence-corrected chi connectivity index (χ1v) is 8.66. The van der Waals surface area contributed by atoms with Crippen LogP contribution < -0.4 is 4.90 Å². The van der Waals surface area contributed by atoms with Crippen molar-refractivity contribution in [2.45, 2.75) is 6.92 Å². The number of halogens is 3. The third-order valence-corrected chi connectivity index (χ3v) is 5.00. The predicted octanol–water partition coefficient (Wildman–Crippen LogP) is 5.01. The van der Waals surface area contributed by atoms with Gasteiger partial charge >= 0.3 is 5.97 Å². The van der Waals surface area contributed by atoms with E-state index in [4.69, 9.17) is 27.9 Å². The van der Waals surface area contributed by atoms with Crippen molar-refractivity contribution in [1.82, 2.24) is 0 Å². The lowest BCUT2D eigenvalue weighted by Crippen LogP contribution is -2.25. The zero-order valence-corrected chi connectivity index (χ0v) is 15.9. The number of ether oxygens (including phenoxy) is 1. The summed E-state index contributed by atoms with van der Waals surface area (Å²) in [5.74, 6) is -1.85. The fourth-order valence-corrected chi connectivity index (χ4v) is 3.25. The van der Waals surface area contributed by atoms with Gasteiger partial charge in [0.1, 0.15) is 5.82 Å². The number of carbonyl (C=O) groups excluding carboxylic acids is 2. The van der Waals surface area contributed by atoms with Crippen LogP contribution in [0.25, 0.3) is 6.08 Å². The second-order valence-corrected chi connectivity index (χ2v) is 6.53. The molecule has 3 rings (SSSR count). The zero-order chi connectivity index (χ0) is 19.7. The summed E-state index contributed by atoms with van der Waals surface area (Å²) in [5, 5.41) is 0.549. The first kappa shape index (κ1) is 19.1. The van der Waals surface area contributed by atoms with Crippen LogP contribution in [0.15, 0.2) is 59.3 Å². The van der Waals surface area contributed by atoms with Crippen LogP contribution in [0.2, 0.25) is 10.0 Å². The molecule has 0 radical (unpaired) electrons. The number of benzene rings is 2. The highest BCUT2D eigenvalue weighted by Crippen LogP contribution is 2.37. The normalized spacial score (nSPS) is 15.7. The molecular weight excluding hydrogens is 392 g/mol. The van der Waals surface area contributed by atoms with E-state index in [1.165, 1.54) is 31.4 Å². The van der Waals surface area contributed by atoms with Crippen molar-refractivity contribution in [2.75, 3.05) is 12.0 Å². The third kappa shape index (κ3) is 3.36. The average molecular weight is 406 g/mol. The van der Waals surface area contributed by atoms with Crippen molar-refractivity contribution in [3.05, 3.63) is 80.7 Å². The van der Waals surface area contributed by atoms with Gasteiger partial charge in [-0.2, -0.15) is 0 Å². The van der Waals surface area contributed by atoms with Gasteiger partial charge < -0.3 is 4.74 Å². The topological polar surface area (TPSA) is 46.6 Å². The van der Waals surface area contributed by atoms with Crippen LogP contribution in [0.4, 0.5) is 10.1 Å². The number of amides is 1. The summed E-state index contributed by atoms with van der Waals surface area (Å²) in [6.07, 6.45) is 1.45. The number of esters is 1. The lowest BCUT2D eigenvalue weighted by Gasteiger charge is -2.18. The second-order valence-electron chi connectivity index (χ2n) is 5.75. The molecule has 7 heteroatoms. The van der Waals surface area contributed by atoms with Gasteiger partial charge in [-0.25, -0.2) is 9.18 Å². The number of para-hydroxylation sites is 1. The molecule has 0 fully saturated rings. The maximum atomic E-state index is 14.3. The summed E-state index contributed by atoms with van der Waals surface area (Å²) in [4.78, 5) is 26.5. The molecule has 0 saturated carbocycles. The van der Waals surface area contributed by atoms with E-state index in [9.17, 15) is 14.0 Å². The van der Waals surface area contributed by atoms with E-state index in [0.29, 0.717) is 10.6 Å². The molecule has 4 nitrogen and oxygen atoms in total. The van der Waals surface area contributed by atoms with Gasteiger partial charge in [0.15, 0.2) is 0 Å². The van der Waals surface area contributed by atoms with Crippen LogP contribution >= 0.6 is 23.2 Å². The van der Waals surface area contributed by atoms with Crippen molar-refractivity contribution in [2.24, 2.45) is 0 Å². The van der Waals surface area contributed by atoms with Gasteiger partial charge in [0.25, 0.3) is 5.91 Å². The monoisotopic (exact) mass is 405 g/mol. The molecule has 2 aromatic carbocycles. The van der Waals surface area contributed by atoms with Crippen molar-refractivity contribution < 1.29 is 18.7 Å². The molecule has 27 heavy (non-hydrogen) atoms. The molecule has 0 atom stereocenters. The number of rotatable bonds is 3. The molecule has 1 amide bonds. The highest BCUT2D eigenvalue weighted by molar-refractivity contribution is 6.43. The average Bonchev–Trinajstić information content (AvgIpc) is 2.89. The predicted molar refractivity (Wildman–Crippen MR) is 103 cm³/mol. The lowest BCUT2D eigenvalue weighted by molar-refractivity contribution is -0.136. The molecule has 1 heterocycles. The van der Waals surface area contributed by atoms with E-state index in [0.717, 1.165) is 4.90 Å². The molecule has 138 valence electrons. The van der Waals surface area contributed by atoms with E-state index in [1.807, 2.05) is 0 Å². The number of allylic oxidation sites excluding steroid dienone is 1. The molecule has 1 aliphatic heterocycles. The van der Waals surface area contributed by atoms with Crippen molar-refractivity contribution in [1.29, 1.82) is 0 Å². The van der Waals surface area contributed by atoms with E-state index in [-0.39, 0.29) is 27.6 Å². The Labute approximate surface area is 165 Å². The van der Waals surface area contributed by atoms with Crippen LogP contribution in [0.3, 0.4) is 0 Å². The van der Waals surface area contributed by atoms with Crippen LogP contribution in [0.5, 0.6) is 0 Å². The van der Waals surface area contributed by atoms with Gasteiger partial charge in [-0.05, 0) is 36.8 Å². The largest absolute Gasteiger partial charge is 0.465 e. The van der Waals surface area contributed by atoms with Crippen LogP contribution in [0, 0.1) is 5.82 Å². The van der Waals surface area contributed by atoms with Gasteiger partial charge in [-0.1, -0.05) is 47.5 Å². The molecule has 0 aromatic heterocycles. The molecule has 0 N–H and O–H groups in total. The third-order valence-electron chi connectivity index (χ3n) is 4.16. The summed E-state index contributed by atoms with van der Waals surface area (Å²) in [6, 6.07) is 10.8.